The third-order valence-corrected chi connectivity index (χ3v) is 7.49. The van der Waals surface area contributed by atoms with E-state index < -0.39 is 29.1 Å². The number of pyridine rings is 1. The molecule has 4 rings (SSSR count). The predicted molar refractivity (Wildman–Crippen MR) is 139 cm³/mol. The number of likely N-dealkylation sites (tertiary alicyclic amines) is 1. The lowest BCUT2D eigenvalue weighted by Gasteiger charge is -2.39. The number of carbonyl (C=O) groups is 1. The Hall–Kier alpha value is -3.34. The predicted octanol–water partition coefficient (Wildman–Crippen LogP) is 4.11. The molecule has 1 aliphatic rings. The van der Waals surface area contributed by atoms with Gasteiger partial charge in [0.1, 0.15) is 17.4 Å². The second-order valence-corrected chi connectivity index (χ2v) is 9.80. The van der Waals surface area contributed by atoms with E-state index in [2.05, 4.69) is 15.2 Å². The average Bonchev–Trinajstić information content (AvgIpc) is 2.90. The Balaban J connectivity index is 1.39. The number of hydrogen-bond donors (Lipinski definition) is 4. The molecule has 8 nitrogen and oxygen atoms in total. The van der Waals surface area contributed by atoms with Gasteiger partial charge in [-0.2, -0.15) is 0 Å². The number of fused-ring (bicyclic) bond motifs is 1. The highest BCUT2D eigenvalue weighted by Crippen LogP contribution is 2.40. The van der Waals surface area contributed by atoms with Crippen LogP contribution in [-0.4, -0.2) is 64.5 Å². The summed E-state index contributed by atoms with van der Waals surface area (Å²) in [5, 5.41) is 34.9. The Kier molecular flexibility index (Phi) is 8.76. The van der Waals surface area contributed by atoms with Crippen LogP contribution in [0.3, 0.4) is 0 Å². The van der Waals surface area contributed by atoms with E-state index in [0.29, 0.717) is 72.5 Å². The van der Waals surface area contributed by atoms with E-state index in [4.69, 9.17) is 4.74 Å². The number of rotatable bonds is 11. The second-order valence-electron chi connectivity index (χ2n) is 9.80. The number of halogens is 2. The van der Waals surface area contributed by atoms with Crippen molar-refractivity contribution in [2.45, 2.75) is 38.4 Å². The molecule has 0 radical (unpaired) electrons. The summed E-state index contributed by atoms with van der Waals surface area (Å²) in [5.41, 5.74) is 1.05. The minimum atomic E-state index is -0.986. The SMILES string of the molecule is COc1ccc2ncc(CO)c([C@@H](O)CCC3(C(=O)O)CCN(CCNc4cc(F)cc(F)c4)CC3)c2c1. The van der Waals surface area contributed by atoms with Crippen LogP contribution >= 0.6 is 0 Å². The molecule has 10 heteroatoms. The van der Waals surface area contributed by atoms with Crippen molar-refractivity contribution in [3.8, 4) is 5.75 Å². The number of methoxy groups -OCH3 is 1. The molecule has 4 N–H and O–H groups in total. The van der Waals surface area contributed by atoms with E-state index in [1.165, 1.54) is 18.3 Å². The van der Waals surface area contributed by atoms with Gasteiger partial charge in [0.05, 0.1) is 30.8 Å². The first-order chi connectivity index (χ1) is 18.2. The van der Waals surface area contributed by atoms with Crippen molar-refractivity contribution in [2.75, 3.05) is 38.6 Å². The van der Waals surface area contributed by atoms with Crippen LogP contribution in [0.5, 0.6) is 5.75 Å². The minimum Gasteiger partial charge on any atom is -0.497 e. The zero-order valence-corrected chi connectivity index (χ0v) is 21.3. The number of aliphatic hydroxyl groups excluding tert-OH is 2. The number of ether oxygens (including phenoxy) is 1. The number of aliphatic hydroxyl groups is 2. The van der Waals surface area contributed by atoms with Crippen LogP contribution in [0.25, 0.3) is 10.9 Å². The number of nitrogens with zero attached hydrogens (tertiary/aromatic N) is 2. The van der Waals surface area contributed by atoms with E-state index in [0.717, 1.165) is 6.07 Å². The van der Waals surface area contributed by atoms with Gasteiger partial charge in [0, 0.05) is 42.0 Å². The Morgan fingerprint density at radius 1 is 1.18 bits per heavy atom. The summed E-state index contributed by atoms with van der Waals surface area (Å²) in [5.74, 6) is -1.59. The zero-order chi connectivity index (χ0) is 27.3. The summed E-state index contributed by atoms with van der Waals surface area (Å²) in [6, 6.07) is 8.58. The van der Waals surface area contributed by atoms with Gasteiger partial charge in [0.15, 0.2) is 0 Å². The molecular weight excluding hydrogens is 496 g/mol. The van der Waals surface area contributed by atoms with Gasteiger partial charge in [-0.05, 0) is 74.7 Å². The molecule has 204 valence electrons. The summed E-state index contributed by atoms with van der Waals surface area (Å²) in [4.78, 5) is 18.8. The van der Waals surface area contributed by atoms with E-state index in [-0.39, 0.29) is 19.4 Å². The van der Waals surface area contributed by atoms with Crippen molar-refractivity contribution in [2.24, 2.45) is 5.41 Å². The molecule has 3 aromatic rings. The zero-order valence-electron chi connectivity index (χ0n) is 21.3. The third kappa shape index (κ3) is 6.20. The lowest BCUT2D eigenvalue weighted by Crippen LogP contribution is -2.45. The van der Waals surface area contributed by atoms with Gasteiger partial charge >= 0.3 is 5.97 Å². The van der Waals surface area contributed by atoms with Crippen molar-refractivity contribution in [1.82, 2.24) is 9.88 Å². The van der Waals surface area contributed by atoms with E-state index in [1.54, 1.807) is 25.3 Å². The number of carboxylic acid groups (broad SMARTS) is 1. The maximum absolute atomic E-state index is 13.4. The Morgan fingerprint density at radius 3 is 2.53 bits per heavy atom. The molecule has 2 aromatic carbocycles. The molecule has 1 saturated heterocycles. The number of piperidine rings is 1. The van der Waals surface area contributed by atoms with Gasteiger partial charge in [-0.15, -0.1) is 0 Å². The fourth-order valence-electron chi connectivity index (χ4n) is 5.23. The first-order valence-corrected chi connectivity index (χ1v) is 12.6. The lowest BCUT2D eigenvalue weighted by atomic mass is 9.74. The van der Waals surface area contributed by atoms with Gasteiger partial charge in [0.2, 0.25) is 0 Å². The first kappa shape index (κ1) is 27.7. The van der Waals surface area contributed by atoms with Crippen LogP contribution in [0.15, 0.2) is 42.6 Å². The number of nitrogens with one attached hydrogen (secondary N) is 1. The summed E-state index contributed by atoms with van der Waals surface area (Å²) in [6.07, 6.45) is 1.87. The van der Waals surface area contributed by atoms with Crippen LogP contribution in [0, 0.1) is 17.0 Å². The third-order valence-electron chi connectivity index (χ3n) is 7.49. The Morgan fingerprint density at radius 2 is 1.89 bits per heavy atom. The van der Waals surface area contributed by atoms with Gasteiger partial charge in [-0.3, -0.25) is 9.78 Å². The molecule has 0 saturated carbocycles. The molecule has 1 aromatic heterocycles. The molecule has 0 unspecified atom stereocenters. The van der Waals surface area contributed by atoms with Crippen molar-refractivity contribution < 1.29 is 33.6 Å². The summed E-state index contributed by atoms with van der Waals surface area (Å²) < 4.78 is 32.1. The number of aliphatic carboxylic acids is 1. The van der Waals surface area contributed by atoms with Crippen LogP contribution in [0.4, 0.5) is 14.5 Å². The fraction of sp³-hybridized carbons (Fsp3) is 0.429. The van der Waals surface area contributed by atoms with Crippen LogP contribution in [0.1, 0.15) is 42.9 Å². The molecule has 1 fully saturated rings. The number of hydrogen-bond acceptors (Lipinski definition) is 7. The molecular formula is C28H33F2N3O5. The standard InChI is InChI=1S/C28H33F2N3O5/c1-38-22-2-3-24-23(15-22)26(18(17-34)16-32-24)25(35)4-5-28(27(36)37)6-9-33(10-7-28)11-8-31-21-13-19(29)12-20(30)14-21/h2-3,12-16,25,31,34-35H,4-11,17H2,1H3,(H,36,37)/t25-/m0/s1. The number of anilines is 1. The maximum atomic E-state index is 13.4. The normalized spacial score (nSPS) is 16.3. The smallest absolute Gasteiger partial charge is 0.309 e. The highest BCUT2D eigenvalue weighted by Gasteiger charge is 2.41. The number of aromatic nitrogens is 1. The maximum Gasteiger partial charge on any atom is 0.309 e. The van der Waals surface area contributed by atoms with Crippen molar-refractivity contribution in [3.05, 3.63) is 65.4 Å². The summed E-state index contributed by atoms with van der Waals surface area (Å²) in [6.45, 7) is 1.87. The highest BCUT2D eigenvalue weighted by atomic mass is 19.1. The number of benzene rings is 2. The second kappa shape index (κ2) is 12.0. The summed E-state index contributed by atoms with van der Waals surface area (Å²) >= 11 is 0. The topological polar surface area (TPSA) is 115 Å². The lowest BCUT2D eigenvalue weighted by molar-refractivity contribution is -0.153. The minimum absolute atomic E-state index is 0.211. The molecule has 0 amide bonds. The monoisotopic (exact) mass is 529 g/mol. The quantitative estimate of drug-likeness (QED) is 0.294. The van der Waals surface area contributed by atoms with Crippen LogP contribution in [0.2, 0.25) is 0 Å². The molecule has 0 bridgehead atoms. The number of carboxylic acids is 1. The van der Waals surface area contributed by atoms with Gasteiger partial charge in [-0.1, -0.05) is 0 Å². The van der Waals surface area contributed by atoms with Crippen molar-refractivity contribution in [3.63, 3.8) is 0 Å². The molecule has 0 spiro atoms. The largest absolute Gasteiger partial charge is 0.497 e. The average molecular weight is 530 g/mol. The molecule has 2 heterocycles. The fourth-order valence-corrected chi connectivity index (χ4v) is 5.23. The molecule has 1 atom stereocenters. The highest BCUT2D eigenvalue weighted by molar-refractivity contribution is 5.85. The van der Waals surface area contributed by atoms with Crippen molar-refractivity contribution >= 4 is 22.6 Å². The van der Waals surface area contributed by atoms with Gasteiger partial charge in [-0.25, -0.2) is 8.78 Å². The van der Waals surface area contributed by atoms with Crippen molar-refractivity contribution in [1.29, 1.82) is 0 Å². The molecule has 38 heavy (non-hydrogen) atoms. The van der Waals surface area contributed by atoms with E-state index in [1.807, 2.05) is 0 Å². The Bertz CT molecular complexity index is 1260. The van der Waals surface area contributed by atoms with E-state index in [9.17, 15) is 28.9 Å². The van der Waals surface area contributed by atoms with E-state index >= 15 is 0 Å². The van der Waals surface area contributed by atoms with Gasteiger partial charge in [0.25, 0.3) is 0 Å². The van der Waals surface area contributed by atoms with Crippen LogP contribution < -0.4 is 10.1 Å². The van der Waals surface area contributed by atoms with Crippen LogP contribution in [-0.2, 0) is 11.4 Å². The Labute approximate surface area is 219 Å². The molecule has 0 aliphatic carbocycles. The summed E-state index contributed by atoms with van der Waals surface area (Å²) in [7, 11) is 1.54. The van der Waals surface area contributed by atoms with Gasteiger partial charge < -0.3 is 30.3 Å². The molecule has 1 aliphatic heterocycles. The first-order valence-electron chi connectivity index (χ1n) is 12.6.